The first-order valence-corrected chi connectivity index (χ1v) is 9.61. The van der Waals surface area contributed by atoms with Crippen LogP contribution in [0.5, 0.6) is 0 Å². The standard InChI is InChI=1S/C19H21N3O4S/c1-19(18(24)20-6-8-25-2)12-21-15(10-13-5-9-27-17(13)21)16(23)22(19)11-14-4-3-7-26-14/h3-5,7,9-10H,6,8,11-12H2,1-2H3,(H,20,24)/t19-/m1/s1. The van der Waals surface area contributed by atoms with Gasteiger partial charge in [-0.25, -0.2) is 0 Å². The summed E-state index contributed by atoms with van der Waals surface area (Å²) in [4.78, 5) is 29.0. The Kier molecular flexibility index (Phi) is 4.53. The van der Waals surface area contributed by atoms with Gasteiger partial charge < -0.3 is 23.9 Å². The number of fused-ring (bicyclic) bond motifs is 3. The Hall–Kier alpha value is -2.58. The monoisotopic (exact) mass is 387 g/mol. The fraction of sp³-hybridized carbons (Fsp3) is 0.368. The Morgan fingerprint density at radius 1 is 1.44 bits per heavy atom. The van der Waals surface area contributed by atoms with Gasteiger partial charge in [0.05, 0.1) is 26.0 Å². The molecule has 0 unspecified atom stereocenters. The van der Waals surface area contributed by atoms with E-state index in [1.54, 1.807) is 42.6 Å². The van der Waals surface area contributed by atoms with E-state index < -0.39 is 5.54 Å². The lowest BCUT2D eigenvalue weighted by Gasteiger charge is -2.43. The number of hydrogen-bond donors (Lipinski definition) is 1. The van der Waals surface area contributed by atoms with Gasteiger partial charge >= 0.3 is 0 Å². The Bertz CT molecular complexity index is 975. The lowest BCUT2D eigenvalue weighted by atomic mass is 9.94. The number of nitrogens with zero attached hydrogens (tertiary/aromatic N) is 2. The number of thiophene rings is 1. The third kappa shape index (κ3) is 2.94. The lowest BCUT2D eigenvalue weighted by Crippen LogP contribution is -2.63. The summed E-state index contributed by atoms with van der Waals surface area (Å²) >= 11 is 1.57. The Balaban J connectivity index is 1.74. The summed E-state index contributed by atoms with van der Waals surface area (Å²) < 4.78 is 12.4. The minimum absolute atomic E-state index is 0.176. The summed E-state index contributed by atoms with van der Waals surface area (Å²) in [5.41, 5.74) is -0.439. The molecule has 8 heteroatoms. The molecular formula is C19H21N3O4S. The number of methoxy groups -OCH3 is 1. The minimum Gasteiger partial charge on any atom is -0.467 e. The molecule has 1 N–H and O–H groups in total. The van der Waals surface area contributed by atoms with Gasteiger partial charge in [-0.15, -0.1) is 11.3 Å². The van der Waals surface area contributed by atoms with E-state index in [4.69, 9.17) is 9.15 Å². The van der Waals surface area contributed by atoms with Crippen LogP contribution >= 0.6 is 11.3 Å². The Morgan fingerprint density at radius 3 is 3.04 bits per heavy atom. The van der Waals surface area contributed by atoms with Crippen LogP contribution in [0.1, 0.15) is 23.2 Å². The quantitative estimate of drug-likeness (QED) is 0.659. The fourth-order valence-corrected chi connectivity index (χ4v) is 4.42. The van der Waals surface area contributed by atoms with E-state index in [0.717, 1.165) is 10.2 Å². The number of ether oxygens (including phenoxy) is 1. The van der Waals surface area contributed by atoms with Gasteiger partial charge in [0, 0.05) is 19.0 Å². The van der Waals surface area contributed by atoms with Gasteiger partial charge in [-0.3, -0.25) is 9.59 Å². The van der Waals surface area contributed by atoms with E-state index in [0.29, 0.717) is 31.2 Å². The summed E-state index contributed by atoms with van der Waals surface area (Å²) in [7, 11) is 1.58. The molecule has 4 heterocycles. The van der Waals surface area contributed by atoms with Crippen LogP contribution in [0.25, 0.3) is 10.2 Å². The molecule has 1 aliphatic rings. The van der Waals surface area contributed by atoms with E-state index in [2.05, 4.69) is 5.32 Å². The van der Waals surface area contributed by atoms with Crippen LogP contribution in [0.3, 0.4) is 0 Å². The Labute approximate surface area is 160 Å². The maximum absolute atomic E-state index is 13.3. The van der Waals surface area contributed by atoms with Gasteiger partial charge in [0.25, 0.3) is 5.91 Å². The highest BCUT2D eigenvalue weighted by molar-refractivity contribution is 7.16. The molecule has 0 bridgehead atoms. The number of aromatic nitrogens is 1. The number of furan rings is 1. The zero-order valence-corrected chi connectivity index (χ0v) is 16.0. The minimum atomic E-state index is -1.04. The zero-order valence-electron chi connectivity index (χ0n) is 15.2. The maximum atomic E-state index is 13.3. The first kappa shape index (κ1) is 17.8. The predicted octanol–water partition coefficient (Wildman–Crippen LogP) is 2.47. The topological polar surface area (TPSA) is 76.7 Å². The van der Waals surface area contributed by atoms with Crippen molar-refractivity contribution in [3.05, 3.63) is 47.4 Å². The molecule has 4 rings (SSSR count). The smallest absolute Gasteiger partial charge is 0.271 e. The molecule has 142 valence electrons. The highest BCUT2D eigenvalue weighted by Gasteiger charge is 2.48. The van der Waals surface area contributed by atoms with Crippen molar-refractivity contribution in [3.8, 4) is 0 Å². The van der Waals surface area contributed by atoms with Crippen molar-refractivity contribution >= 4 is 33.4 Å². The summed E-state index contributed by atoms with van der Waals surface area (Å²) in [5.74, 6) is 0.259. The van der Waals surface area contributed by atoms with Crippen LogP contribution in [0.15, 0.2) is 40.3 Å². The molecule has 0 spiro atoms. The highest BCUT2D eigenvalue weighted by Crippen LogP contribution is 2.35. The number of nitrogens with one attached hydrogen (secondary N) is 1. The second kappa shape index (κ2) is 6.86. The first-order valence-electron chi connectivity index (χ1n) is 8.73. The number of amides is 2. The third-order valence-electron chi connectivity index (χ3n) is 5.00. The summed E-state index contributed by atoms with van der Waals surface area (Å²) in [6.45, 7) is 3.23. The molecule has 27 heavy (non-hydrogen) atoms. The van der Waals surface area contributed by atoms with Gasteiger partial charge in [0.1, 0.15) is 21.8 Å². The van der Waals surface area contributed by atoms with Crippen molar-refractivity contribution in [1.29, 1.82) is 0 Å². The average Bonchev–Trinajstić information content (AvgIpc) is 3.37. The van der Waals surface area contributed by atoms with Crippen LogP contribution in [-0.2, 0) is 22.6 Å². The fourth-order valence-electron chi connectivity index (χ4n) is 3.52. The molecule has 2 amide bonds. The highest BCUT2D eigenvalue weighted by atomic mass is 32.1. The number of rotatable bonds is 6. The van der Waals surface area contributed by atoms with Crippen LogP contribution in [0, 0.1) is 0 Å². The summed E-state index contributed by atoms with van der Waals surface area (Å²) in [6, 6.07) is 7.47. The molecule has 0 saturated heterocycles. The van der Waals surface area contributed by atoms with Crippen molar-refractivity contribution in [1.82, 2.24) is 14.8 Å². The molecule has 0 fully saturated rings. The van der Waals surface area contributed by atoms with Crippen molar-refractivity contribution in [2.75, 3.05) is 20.3 Å². The van der Waals surface area contributed by atoms with Crippen LogP contribution in [0.2, 0.25) is 0 Å². The van der Waals surface area contributed by atoms with Crippen molar-refractivity contribution in [2.24, 2.45) is 0 Å². The zero-order chi connectivity index (χ0) is 19.0. The van der Waals surface area contributed by atoms with Crippen molar-refractivity contribution in [2.45, 2.75) is 25.6 Å². The molecule has 1 aliphatic heterocycles. The van der Waals surface area contributed by atoms with Crippen LogP contribution in [0.4, 0.5) is 0 Å². The van der Waals surface area contributed by atoms with E-state index in [9.17, 15) is 9.59 Å². The SMILES string of the molecule is COCCNC(=O)[C@@]1(C)Cn2c(cc3ccsc32)C(=O)N1Cc1ccco1. The normalized spacial score (nSPS) is 19.5. The largest absolute Gasteiger partial charge is 0.467 e. The van der Waals surface area contributed by atoms with E-state index in [1.807, 2.05) is 28.1 Å². The number of hydrogen-bond acceptors (Lipinski definition) is 5. The average molecular weight is 387 g/mol. The molecule has 0 saturated carbocycles. The molecule has 3 aromatic rings. The first-order chi connectivity index (χ1) is 13.0. The van der Waals surface area contributed by atoms with Crippen molar-refractivity contribution in [3.63, 3.8) is 0 Å². The molecule has 7 nitrogen and oxygen atoms in total. The second-order valence-electron chi connectivity index (χ2n) is 6.79. The molecule has 0 radical (unpaired) electrons. The van der Waals surface area contributed by atoms with Gasteiger partial charge in [0.2, 0.25) is 5.91 Å². The van der Waals surface area contributed by atoms with E-state index >= 15 is 0 Å². The van der Waals surface area contributed by atoms with Gasteiger partial charge in [-0.2, -0.15) is 0 Å². The van der Waals surface area contributed by atoms with Crippen LogP contribution in [-0.4, -0.2) is 47.1 Å². The van der Waals surface area contributed by atoms with Gasteiger partial charge in [0.15, 0.2) is 0 Å². The molecule has 0 aromatic carbocycles. The number of carbonyl (C=O) groups is 2. The van der Waals surface area contributed by atoms with Crippen LogP contribution < -0.4 is 5.32 Å². The Morgan fingerprint density at radius 2 is 2.30 bits per heavy atom. The predicted molar refractivity (Wildman–Crippen MR) is 102 cm³/mol. The van der Waals surface area contributed by atoms with Gasteiger partial charge in [-0.05, 0) is 36.6 Å². The van der Waals surface area contributed by atoms with E-state index in [-0.39, 0.29) is 18.4 Å². The van der Waals surface area contributed by atoms with E-state index in [1.165, 1.54) is 0 Å². The second-order valence-corrected chi connectivity index (χ2v) is 7.68. The molecule has 3 aromatic heterocycles. The molecule has 1 atom stereocenters. The lowest BCUT2D eigenvalue weighted by molar-refractivity contribution is -0.133. The molecule has 0 aliphatic carbocycles. The summed E-state index contributed by atoms with van der Waals surface area (Å²) in [5, 5.41) is 5.90. The third-order valence-corrected chi connectivity index (χ3v) is 5.95. The summed E-state index contributed by atoms with van der Waals surface area (Å²) in [6.07, 6.45) is 1.57. The van der Waals surface area contributed by atoms with Crippen molar-refractivity contribution < 1.29 is 18.7 Å². The maximum Gasteiger partial charge on any atom is 0.271 e. The number of carbonyl (C=O) groups excluding carboxylic acids is 2. The molecular weight excluding hydrogens is 366 g/mol. The van der Waals surface area contributed by atoms with Gasteiger partial charge in [-0.1, -0.05) is 0 Å².